The van der Waals surface area contributed by atoms with Gasteiger partial charge in [-0.2, -0.15) is 0 Å². The third kappa shape index (κ3) is 4.75. The van der Waals surface area contributed by atoms with E-state index in [4.69, 9.17) is 4.74 Å². The molecule has 1 saturated heterocycles. The van der Waals surface area contributed by atoms with Crippen LogP contribution < -0.4 is 10.1 Å². The largest absolute Gasteiger partial charge is 0.487 e. The van der Waals surface area contributed by atoms with Crippen molar-refractivity contribution in [3.05, 3.63) is 90.3 Å². The smallest absolute Gasteiger partial charge is 0.255 e. The van der Waals surface area contributed by atoms with Gasteiger partial charge < -0.3 is 10.1 Å². The molecular formula is C23H23N3O2. The zero-order valence-corrected chi connectivity index (χ0v) is 15.6. The lowest BCUT2D eigenvalue weighted by Crippen LogP contribution is -2.24. The lowest BCUT2D eigenvalue weighted by molar-refractivity contribution is 0.102. The number of nitrogens with one attached hydrogen (secondary N) is 1. The van der Waals surface area contributed by atoms with E-state index in [1.54, 1.807) is 12.4 Å². The van der Waals surface area contributed by atoms with E-state index in [-0.39, 0.29) is 12.0 Å². The number of pyridine rings is 1. The van der Waals surface area contributed by atoms with Crippen molar-refractivity contribution in [2.75, 3.05) is 18.4 Å². The predicted molar refractivity (Wildman–Crippen MR) is 109 cm³/mol. The molecule has 5 nitrogen and oxygen atoms in total. The Kier molecular flexibility index (Phi) is 5.64. The molecule has 0 unspecified atom stereocenters. The van der Waals surface area contributed by atoms with Gasteiger partial charge in [0.25, 0.3) is 5.91 Å². The first-order chi connectivity index (χ1) is 13.8. The fourth-order valence-corrected chi connectivity index (χ4v) is 3.44. The zero-order chi connectivity index (χ0) is 19.2. The van der Waals surface area contributed by atoms with Crippen LogP contribution in [0.25, 0.3) is 0 Å². The standard InChI is InChI=1S/C23H23N3O2/c27-23(25-20-8-2-1-3-9-20)19-7-4-6-18(14-19)16-26-13-11-22(17-26)28-21-10-5-12-24-15-21/h1-10,12,14-15,22H,11,13,16-17H2,(H,25,27)/t22-/m0/s1. The van der Waals surface area contributed by atoms with Crippen molar-refractivity contribution in [1.82, 2.24) is 9.88 Å². The first-order valence-electron chi connectivity index (χ1n) is 9.51. The number of hydrogen-bond acceptors (Lipinski definition) is 4. The molecule has 142 valence electrons. The summed E-state index contributed by atoms with van der Waals surface area (Å²) in [6, 6.07) is 21.1. The van der Waals surface area contributed by atoms with E-state index in [1.807, 2.05) is 60.7 Å². The third-order valence-corrected chi connectivity index (χ3v) is 4.79. The summed E-state index contributed by atoms with van der Waals surface area (Å²) in [6.07, 6.45) is 4.66. The quantitative estimate of drug-likeness (QED) is 0.710. The first kappa shape index (κ1) is 18.2. The fourth-order valence-electron chi connectivity index (χ4n) is 3.44. The summed E-state index contributed by atoms with van der Waals surface area (Å²) in [5, 5.41) is 2.93. The van der Waals surface area contributed by atoms with Crippen LogP contribution in [0.5, 0.6) is 5.75 Å². The summed E-state index contributed by atoms with van der Waals surface area (Å²) < 4.78 is 6.00. The number of rotatable bonds is 6. The highest BCUT2D eigenvalue weighted by Gasteiger charge is 2.24. The van der Waals surface area contributed by atoms with E-state index in [2.05, 4.69) is 21.3 Å². The van der Waals surface area contributed by atoms with Crippen LogP contribution in [-0.4, -0.2) is 35.0 Å². The van der Waals surface area contributed by atoms with E-state index in [9.17, 15) is 4.79 Å². The average molecular weight is 373 g/mol. The summed E-state index contributed by atoms with van der Waals surface area (Å²) in [4.78, 5) is 19.0. The summed E-state index contributed by atoms with van der Waals surface area (Å²) in [6.45, 7) is 2.65. The number of anilines is 1. The lowest BCUT2D eigenvalue weighted by Gasteiger charge is -2.17. The van der Waals surface area contributed by atoms with E-state index in [1.165, 1.54) is 0 Å². The Bertz CT molecular complexity index is 915. The minimum Gasteiger partial charge on any atom is -0.487 e. The Labute approximate surface area is 165 Å². The van der Waals surface area contributed by atoms with Gasteiger partial charge in [0.05, 0.1) is 6.20 Å². The average Bonchev–Trinajstić information content (AvgIpc) is 3.16. The topological polar surface area (TPSA) is 54.5 Å². The second kappa shape index (κ2) is 8.67. The molecule has 1 aromatic heterocycles. The Balaban J connectivity index is 1.34. The Morgan fingerprint density at radius 1 is 1.11 bits per heavy atom. The molecule has 0 aliphatic carbocycles. The van der Waals surface area contributed by atoms with E-state index in [0.717, 1.165) is 43.1 Å². The molecule has 1 aliphatic rings. The van der Waals surface area contributed by atoms with Gasteiger partial charge >= 0.3 is 0 Å². The molecule has 0 spiro atoms. The van der Waals surface area contributed by atoms with Crippen LogP contribution in [-0.2, 0) is 6.54 Å². The predicted octanol–water partition coefficient (Wildman–Crippen LogP) is 3.99. The molecule has 2 heterocycles. The van der Waals surface area contributed by atoms with Gasteiger partial charge in [-0.1, -0.05) is 30.3 Å². The normalized spacial score (nSPS) is 16.6. The van der Waals surface area contributed by atoms with Gasteiger partial charge in [0.2, 0.25) is 0 Å². The molecule has 4 rings (SSSR count). The number of para-hydroxylation sites is 1. The molecule has 1 amide bonds. The Morgan fingerprint density at radius 3 is 2.82 bits per heavy atom. The molecule has 0 radical (unpaired) electrons. The van der Waals surface area contributed by atoms with E-state index >= 15 is 0 Å². The maximum Gasteiger partial charge on any atom is 0.255 e. The summed E-state index contributed by atoms with van der Waals surface area (Å²) >= 11 is 0. The first-order valence-corrected chi connectivity index (χ1v) is 9.51. The van der Waals surface area contributed by atoms with Crippen LogP contribution in [0.15, 0.2) is 79.1 Å². The number of benzene rings is 2. The maximum absolute atomic E-state index is 12.5. The van der Waals surface area contributed by atoms with Crippen LogP contribution in [0.3, 0.4) is 0 Å². The van der Waals surface area contributed by atoms with Crippen molar-refractivity contribution < 1.29 is 9.53 Å². The van der Waals surface area contributed by atoms with Gasteiger partial charge in [0.1, 0.15) is 11.9 Å². The summed E-state index contributed by atoms with van der Waals surface area (Å²) in [5.74, 6) is 0.723. The highest BCUT2D eigenvalue weighted by molar-refractivity contribution is 6.04. The molecule has 3 aromatic rings. The van der Waals surface area contributed by atoms with Crippen molar-refractivity contribution in [2.24, 2.45) is 0 Å². The maximum atomic E-state index is 12.5. The highest BCUT2D eigenvalue weighted by atomic mass is 16.5. The Hall–Kier alpha value is -3.18. The van der Waals surface area contributed by atoms with Crippen LogP contribution in [0.4, 0.5) is 5.69 Å². The van der Waals surface area contributed by atoms with Crippen LogP contribution >= 0.6 is 0 Å². The van der Waals surface area contributed by atoms with Crippen molar-refractivity contribution in [3.63, 3.8) is 0 Å². The molecule has 0 saturated carbocycles. The van der Waals surface area contributed by atoms with Gasteiger partial charge in [0.15, 0.2) is 0 Å². The lowest BCUT2D eigenvalue weighted by atomic mass is 10.1. The van der Waals surface area contributed by atoms with Crippen LogP contribution in [0.1, 0.15) is 22.3 Å². The molecule has 2 aromatic carbocycles. The molecule has 28 heavy (non-hydrogen) atoms. The number of nitrogens with zero attached hydrogens (tertiary/aromatic N) is 2. The SMILES string of the molecule is O=C(Nc1ccccc1)c1cccc(CN2CC[C@H](Oc3cccnc3)C2)c1. The fraction of sp³-hybridized carbons (Fsp3) is 0.217. The third-order valence-electron chi connectivity index (χ3n) is 4.79. The summed E-state index contributed by atoms with van der Waals surface area (Å²) in [5.41, 5.74) is 2.60. The van der Waals surface area contributed by atoms with Gasteiger partial charge in [0, 0.05) is 37.1 Å². The van der Waals surface area contributed by atoms with Gasteiger partial charge in [-0.05, 0) is 48.4 Å². The number of hydrogen-bond donors (Lipinski definition) is 1. The molecule has 1 aliphatic heterocycles. The number of carbonyl (C=O) groups excluding carboxylic acids is 1. The molecule has 0 bridgehead atoms. The number of amides is 1. The van der Waals surface area contributed by atoms with Crippen LogP contribution in [0.2, 0.25) is 0 Å². The number of carbonyl (C=O) groups is 1. The van der Waals surface area contributed by atoms with E-state index < -0.39 is 0 Å². The number of aromatic nitrogens is 1. The molecule has 1 atom stereocenters. The van der Waals surface area contributed by atoms with Gasteiger partial charge in [-0.25, -0.2) is 0 Å². The molecular weight excluding hydrogens is 350 g/mol. The second-order valence-electron chi connectivity index (χ2n) is 6.97. The Morgan fingerprint density at radius 2 is 2.00 bits per heavy atom. The summed E-state index contributed by atoms with van der Waals surface area (Å²) in [7, 11) is 0. The highest BCUT2D eigenvalue weighted by Crippen LogP contribution is 2.20. The van der Waals surface area contributed by atoms with Gasteiger partial charge in [-0.15, -0.1) is 0 Å². The molecule has 5 heteroatoms. The minimum absolute atomic E-state index is 0.0905. The zero-order valence-electron chi connectivity index (χ0n) is 15.6. The van der Waals surface area contributed by atoms with Gasteiger partial charge in [-0.3, -0.25) is 14.7 Å². The molecule has 1 N–H and O–H groups in total. The van der Waals surface area contributed by atoms with Crippen molar-refractivity contribution in [1.29, 1.82) is 0 Å². The minimum atomic E-state index is -0.0905. The van der Waals surface area contributed by atoms with Crippen molar-refractivity contribution >= 4 is 11.6 Å². The van der Waals surface area contributed by atoms with Crippen molar-refractivity contribution in [3.8, 4) is 5.75 Å². The number of ether oxygens (including phenoxy) is 1. The second-order valence-corrected chi connectivity index (χ2v) is 6.97. The molecule has 1 fully saturated rings. The number of likely N-dealkylation sites (tertiary alicyclic amines) is 1. The van der Waals surface area contributed by atoms with Crippen LogP contribution in [0, 0.1) is 0 Å². The van der Waals surface area contributed by atoms with E-state index in [0.29, 0.717) is 5.56 Å². The monoisotopic (exact) mass is 373 g/mol. The van der Waals surface area contributed by atoms with Crippen molar-refractivity contribution in [2.45, 2.75) is 19.1 Å².